The van der Waals surface area contributed by atoms with Crippen LogP contribution in [0.4, 0.5) is 5.69 Å². The average Bonchev–Trinajstić information content (AvgIpc) is 2.64. The third-order valence-electron chi connectivity index (χ3n) is 4.46. The normalized spacial score (nSPS) is 14.6. The van der Waals surface area contributed by atoms with E-state index in [1.165, 1.54) is 5.56 Å². The van der Waals surface area contributed by atoms with Crippen LogP contribution in [-0.2, 0) is 6.54 Å². The molecule has 0 saturated carbocycles. The Hall–Kier alpha value is -2.24. The molecule has 1 amide bonds. The Bertz CT molecular complexity index is 696. The van der Waals surface area contributed by atoms with Crippen molar-refractivity contribution < 1.29 is 9.53 Å². The SMILES string of the molecule is CCOc1ccc(CN2CCN(C(=O)c3ccc(N)cc3)CC2)cc1.Cl. The molecule has 0 aromatic heterocycles. The lowest BCUT2D eigenvalue weighted by atomic mass is 10.1. The molecule has 0 aliphatic carbocycles. The third-order valence-corrected chi connectivity index (χ3v) is 4.46. The Morgan fingerprint density at radius 3 is 2.19 bits per heavy atom. The van der Waals surface area contributed by atoms with Gasteiger partial charge >= 0.3 is 0 Å². The topological polar surface area (TPSA) is 58.8 Å². The van der Waals surface area contributed by atoms with E-state index in [1.54, 1.807) is 24.3 Å². The number of ether oxygens (including phenoxy) is 1. The number of nitrogens with two attached hydrogens (primary N) is 1. The molecule has 2 aromatic carbocycles. The van der Waals surface area contributed by atoms with E-state index in [9.17, 15) is 4.79 Å². The van der Waals surface area contributed by atoms with E-state index in [-0.39, 0.29) is 18.3 Å². The van der Waals surface area contributed by atoms with Crippen LogP contribution in [0, 0.1) is 0 Å². The molecule has 5 nitrogen and oxygen atoms in total. The second-order valence-electron chi connectivity index (χ2n) is 6.27. The summed E-state index contributed by atoms with van der Waals surface area (Å²) in [6, 6.07) is 15.4. The van der Waals surface area contributed by atoms with Crippen LogP contribution in [0.1, 0.15) is 22.8 Å². The number of piperazine rings is 1. The van der Waals surface area contributed by atoms with Gasteiger partial charge in [0.2, 0.25) is 0 Å². The first-order valence-corrected chi connectivity index (χ1v) is 8.74. The van der Waals surface area contributed by atoms with Gasteiger partial charge in [-0.1, -0.05) is 12.1 Å². The number of carbonyl (C=O) groups is 1. The van der Waals surface area contributed by atoms with Crippen molar-refractivity contribution in [3.63, 3.8) is 0 Å². The van der Waals surface area contributed by atoms with Gasteiger partial charge < -0.3 is 15.4 Å². The number of carbonyl (C=O) groups excluding carboxylic acids is 1. The summed E-state index contributed by atoms with van der Waals surface area (Å²) < 4.78 is 5.48. The van der Waals surface area contributed by atoms with E-state index in [0.29, 0.717) is 17.9 Å². The third kappa shape index (κ3) is 5.13. The van der Waals surface area contributed by atoms with Crippen molar-refractivity contribution in [3.05, 3.63) is 59.7 Å². The minimum atomic E-state index is 0. The standard InChI is InChI=1S/C20H25N3O2.ClH/c1-2-25-19-9-3-16(4-10-19)15-22-11-13-23(14-12-22)20(24)17-5-7-18(21)8-6-17;/h3-10H,2,11-15,21H2,1H3;1H. The van der Waals surface area contributed by atoms with Crippen LogP contribution in [0.5, 0.6) is 5.75 Å². The molecule has 0 unspecified atom stereocenters. The van der Waals surface area contributed by atoms with Crippen molar-refractivity contribution in [2.45, 2.75) is 13.5 Å². The Morgan fingerprint density at radius 2 is 1.62 bits per heavy atom. The van der Waals surface area contributed by atoms with Gasteiger partial charge in [-0.3, -0.25) is 9.69 Å². The highest BCUT2D eigenvalue weighted by atomic mass is 35.5. The van der Waals surface area contributed by atoms with E-state index in [0.717, 1.165) is 38.5 Å². The monoisotopic (exact) mass is 375 g/mol. The minimum absolute atomic E-state index is 0. The fourth-order valence-corrected chi connectivity index (χ4v) is 3.03. The molecule has 1 heterocycles. The lowest BCUT2D eigenvalue weighted by molar-refractivity contribution is 0.0628. The Kier molecular flexibility index (Phi) is 7.30. The molecule has 2 N–H and O–H groups in total. The van der Waals surface area contributed by atoms with E-state index < -0.39 is 0 Å². The maximum absolute atomic E-state index is 12.5. The van der Waals surface area contributed by atoms with Crippen LogP contribution in [0.15, 0.2) is 48.5 Å². The lowest BCUT2D eigenvalue weighted by Gasteiger charge is -2.34. The highest BCUT2D eigenvalue weighted by Gasteiger charge is 2.22. The van der Waals surface area contributed by atoms with E-state index in [1.807, 2.05) is 24.0 Å². The summed E-state index contributed by atoms with van der Waals surface area (Å²) in [7, 11) is 0. The molecule has 26 heavy (non-hydrogen) atoms. The zero-order chi connectivity index (χ0) is 17.6. The first-order chi connectivity index (χ1) is 12.2. The molecule has 6 heteroatoms. The molecule has 3 rings (SSSR count). The summed E-state index contributed by atoms with van der Waals surface area (Å²) in [6.45, 7) is 6.83. The van der Waals surface area contributed by atoms with Crippen molar-refractivity contribution in [1.82, 2.24) is 9.80 Å². The van der Waals surface area contributed by atoms with Gasteiger partial charge in [-0.15, -0.1) is 12.4 Å². The first kappa shape index (κ1) is 20.1. The second kappa shape index (κ2) is 9.46. The number of benzene rings is 2. The van der Waals surface area contributed by atoms with Crippen LogP contribution in [0.3, 0.4) is 0 Å². The maximum atomic E-state index is 12.5. The van der Waals surface area contributed by atoms with Gasteiger partial charge in [0, 0.05) is 44.0 Å². The fourth-order valence-electron chi connectivity index (χ4n) is 3.03. The molecule has 1 saturated heterocycles. The van der Waals surface area contributed by atoms with Gasteiger partial charge in [0.1, 0.15) is 5.75 Å². The molecule has 1 aliphatic rings. The van der Waals surface area contributed by atoms with Gasteiger partial charge in [-0.25, -0.2) is 0 Å². The van der Waals surface area contributed by atoms with Crippen LogP contribution < -0.4 is 10.5 Å². The van der Waals surface area contributed by atoms with Crippen molar-refractivity contribution in [3.8, 4) is 5.75 Å². The van der Waals surface area contributed by atoms with E-state index in [4.69, 9.17) is 10.5 Å². The number of amides is 1. The fraction of sp³-hybridized carbons (Fsp3) is 0.350. The number of hydrogen-bond donors (Lipinski definition) is 1. The molecule has 1 fully saturated rings. The van der Waals surface area contributed by atoms with Crippen molar-refractivity contribution >= 4 is 24.0 Å². The van der Waals surface area contributed by atoms with Gasteiger partial charge in [0.25, 0.3) is 5.91 Å². The molecule has 2 aromatic rings. The zero-order valence-electron chi connectivity index (χ0n) is 15.1. The number of rotatable bonds is 5. The van der Waals surface area contributed by atoms with E-state index in [2.05, 4.69) is 17.0 Å². The predicted molar refractivity (Wildman–Crippen MR) is 107 cm³/mol. The Labute approximate surface area is 161 Å². The summed E-state index contributed by atoms with van der Waals surface area (Å²) in [5.41, 5.74) is 8.33. The number of hydrogen-bond acceptors (Lipinski definition) is 4. The second-order valence-corrected chi connectivity index (χ2v) is 6.27. The van der Waals surface area contributed by atoms with Crippen LogP contribution in [-0.4, -0.2) is 48.5 Å². The molecule has 0 bridgehead atoms. The lowest BCUT2D eigenvalue weighted by Crippen LogP contribution is -2.48. The summed E-state index contributed by atoms with van der Waals surface area (Å²) in [6.07, 6.45) is 0. The van der Waals surface area contributed by atoms with Crippen molar-refractivity contribution in [2.24, 2.45) is 0 Å². The molecular formula is C20H26ClN3O2. The summed E-state index contributed by atoms with van der Waals surface area (Å²) in [5.74, 6) is 0.992. The molecular weight excluding hydrogens is 350 g/mol. The zero-order valence-corrected chi connectivity index (χ0v) is 15.9. The van der Waals surface area contributed by atoms with Gasteiger partial charge in [-0.2, -0.15) is 0 Å². The summed E-state index contributed by atoms with van der Waals surface area (Å²) in [5, 5.41) is 0. The van der Waals surface area contributed by atoms with Crippen LogP contribution in [0.2, 0.25) is 0 Å². The predicted octanol–water partition coefficient (Wildman–Crippen LogP) is 3.05. The first-order valence-electron chi connectivity index (χ1n) is 8.74. The highest BCUT2D eigenvalue weighted by molar-refractivity contribution is 5.94. The van der Waals surface area contributed by atoms with Crippen LogP contribution >= 0.6 is 12.4 Å². The highest BCUT2D eigenvalue weighted by Crippen LogP contribution is 2.16. The van der Waals surface area contributed by atoms with Crippen molar-refractivity contribution in [1.29, 1.82) is 0 Å². The van der Waals surface area contributed by atoms with Gasteiger partial charge in [0.05, 0.1) is 6.61 Å². The molecule has 1 aliphatic heterocycles. The molecule has 0 atom stereocenters. The average molecular weight is 376 g/mol. The van der Waals surface area contributed by atoms with Crippen molar-refractivity contribution in [2.75, 3.05) is 38.5 Å². The number of anilines is 1. The minimum Gasteiger partial charge on any atom is -0.494 e. The van der Waals surface area contributed by atoms with Crippen LogP contribution in [0.25, 0.3) is 0 Å². The summed E-state index contributed by atoms with van der Waals surface area (Å²) in [4.78, 5) is 16.8. The molecule has 0 spiro atoms. The van der Waals surface area contributed by atoms with Gasteiger partial charge in [0.15, 0.2) is 0 Å². The quantitative estimate of drug-likeness (QED) is 0.816. The Balaban J connectivity index is 0.00000243. The number of nitrogen functional groups attached to an aromatic ring is 1. The van der Waals surface area contributed by atoms with Gasteiger partial charge in [-0.05, 0) is 48.9 Å². The largest absolute Gasteiger partial charge is 0.494 e. The number of halogens is 1. The maximum Gasteiger partial charge on any atom is 0.253 e. The molecule has 140 valence electrons. The van der Waals surface area contributed by atoms with E-state index >= 15 is 0 Å². The number of nitrogens with zero attached hydrogens (tertiary/aromatic N) is 2. The Morgan fingerprint density at radius 1 is 1.00 bits per heavy atom. The smallest absolute Gasteiger partial charge is 0.253 e. The molecule has 0 radical (unpaired) electrons. The summed E-state index contributed by atoms with van der Waals surface area (Å²) >= 11 is 0.